The molecule has 0 N–H and O–H groups in total. The summed E-state index contributed by atoms with van der Waals surface area (Å²) in [6, 6.07) is 0. The molecule has 4 heteroatoms. The molecule has 0 aromatic rings. The molecule has 0 saturated heterocycles. The van der Waals surface area contributed by atoms with Crippen molar-refractivity contribution in [3.8, 4) is 0 Å². The number of Topliss-reactive ketones (excluding diaryl/α,β-unsaturated/α-hetero) is 1. The number of hydrogen-bond acceptors (Lipinski definition) is 4. The minimum absolute atomic E-state index is 0.114. The molecular formula is C13H18O3S. The molecule has 0 aromatic carbocycles. The lowest BCUT2D eigenvalue weighted by atomic mass is 9.49. The number of carbonyl (C=O) groups excluding carboxylic acids is 2. The van der Waals surface area contributed by atoms with E-state index in [2.05, 4.69) is 12.6 Å². The van der Waals surface area contributed by atoms with Crippen LogP contribution in [-0.2, 0) is 14.3 Å². The molecule has 3 nitrogen and oxygen atoms in total. The second-order valence-electron chi connectivity index (χ2n) is 6.06. The maximum atomic E-state index is 12.0. The molecular weight excluding hydrogens is 236 g/mol. The van der Waals surface area contributed by atoms with Crippen LogP contribution in [0.3, 0.4) is 0 Å². The van der Waals surface area contributed by atoms with Crippen molar-refractivity contribution in [2.24, 2.45) is 23.2 Å². The molecule has 2 atom stereocenters. The van der Waals surface area contributed by atoms with Gasteiger partial charge in [-0.05, 0) is 38.0 Å². The van der Waals surface area contributed by atoms with Gasteiger partial charge in [0.15, 0.2) is 0 Å². The van der Waals surface area contributed by atoms with Crippen molar-refractivity contribution >= 4 is 24.4 Å². The fourth-order valence-corrected chi connectivity index (χ4v) is 4.46. The third-order valence-corrected chi connectivity index (χ3v) is 5.05. The maximum absolute atomic E-state index is 12.0. The largest absolute Gasteiger partial charge is 0.464 e. The molecule has 0 spiro atoms. The lowest BCUT2D eigenvalue weighted by molar-refractivity contribution is -0.160. The summed E-state index contributed by atoms with van der Waals surface area (Å²) in [4.78, 5) is 23.2. The van der Waals surface area contributed by atoms with Crippen LogP contribution in [-0.4, -0.2) is 24.1 Å². The number of ether oxygens (including phenoxy) is 1. The number of carbonyl (C=O) groups is 2. The number of ketones is 1. The molecule has 4 aliphatic carbocycles. The van der Waals surface area contributed by atoms with E-state index in [-0.39, 0.29) is 29.0 Å². The lowest BCUT2D eigenvalue weighted by Gasteiger charge is -2.55. The van der Waals surface area contributed by atoms with Crippen LogP contribution in [0.1, 0.15) is 32.1 Å². The number of hydrogen-bond donors (Lipinski definition) is 1. The predicted molar refractivity (Wildman–Crippen MR) is 65.8 cm³/mol. The van der Waals surface area contributed by atoms with Crippen molar-refractivity contribution in [1.29, 1.82) is 0 Å². The zero-order chi connectivity index (χ0) is 12.0. The van der Waals surface area contributed by atoms with Crippen molar-refractivity contribution in [2.75, 3.05) is 12.4 Å². The van der Waals surface area contributed by atoms with Crippen LogP contribution in [0.15, 0.2) is 0 Å². The topological polar surface area (TPSA) is 43.4 Å². The predicted octanol–water partition coefficient (Wildman–Crippen LogP) is 1.85. The average Bonchev–Trinajstić information content (AvgIpc) is 2.32. The van der Waals surface area contributed by atoms with Gasteiger partial charge < -0.3 is 4.74 Å². The van der Waals surface area contributed by atoms with Crippen molar-refractivity contribution < 1.29 is 14.3 Å². The summed E-state index contributed by atoms with van der Waals surface area (Å²) < 4.78 is 5.28. The molecule has 4 aliphatic rings. The Bertz CT molecular complexity index is 348. The maximum Gasteiger partial charge on any atom is 0.315 e. The van der Waals surface area contributed by atoms with E-state index in [1.54, 1.807) is 0 Å². The summed E-state index contributed by atoms with van der Waals surface area (Å²) in [5, 5.41) is 0. The lowest BCUT2D eigenvalue weighted by Crippen LogP contribution is -2.53. The molecule has 2 unspecified atom stereocenters. The van der Waals surface area contributed by atoms with Crippen LogP contribution in [0.4, 0.5) is 0 Å². The van der Waals surface area contributed by atoms with Gasteiger partial charge in [0.05, 0.1) is 12.4 Å². The van der Waals surface area contributed by atoms with Crippen molar-refractivity contribution in [3.05, 3.63) is 0 Å². The van der Waals surface area contributed by atoms with Gasteiger partial charge in [-0.25, -0.2) is 0 Å². The van der Waals surface area contributed by atoms with Crippen LogP contribution < -0.4 is 0 Å². The second kappa shape index (κ2) is 4.01. The molecule has 4 saturated carbocycles. The quantitative estimate of drug-likeness (QED) is 0.617. The number of esters is 1. The fourth-order valence-electron chi connectivity index (χ4n) is 4.36. The van der Waals surface area contributed by atoms with E-state index in [9.17, 15) is 9.59 Å². The monoisotopic (exact) mass is 254 g/mol. The Morgan fingerprint density at radius 3 is 2.53 bits per heavy atom. The Morgan fingerprint density at radius 1 is 1.29 bits per heavy atom. The fraction of sp³-hybridized carbons (Fsp3) is 0.846. The van der Waals surface area contributed by atoms with Crippen molar-refractivity contribution in [3.63, 3.8) is 0 Å². The average molecular weight is 254 g/mol. The van der Waals surface area contributed by atoms with Crippen molar-refractivity contribution in [1.82, 2.24) is 0 Å². The molecule has 0 heterocycles. The summed E-state index contributed by atoms with van der Waals surface area (Å²) in [5.41, 5.74) is 0.114. The first-order valence-electron chi connectivity index (χ1n) is 6.42. The molecule has 4 fully saturated rings. The highest BCUT2D eigenvalue weighted by Crippen LogP contribution is 2.58. The van der Waals surface area contributed by atoms with E-state index in [0.29, 0.717) is 18.3 Å². The van der Waals surface area contributed by atoms with Gasteiger partial charge in [-0.15, -0.1) is 0 Å². The molecule has 94 valence electrons. The Labute approximate surface area is 107 Å². The summed E-state index contributed by atoms with van der Waals surface area (Å²) in [7, 11) is 0. The van der Waals surface area contributed by atoms with Gasteiger partial charge in [0.25, 0.3) is 0 Å². The van der Waals surface area contributed by atoms with Gasteiger partial charge in [-0.2, -0.15) is 12.6 Å². The molecule has 0 radical (unpaired) electrons. The summed E-state index contributed by atoms with van der Waals surface area (Å²) >= 11 is 3.91. The van der Waals surface area contributed by atoms with E-state index in [1.165, 1.54) is 0 Å². The normalized spacial score (nSPS) is 42.9. The highest BCUT2D eigenvalue weighted by molar-refractivity contribution is 7.81. The molecule has 0 amide bonds. The smallest absolute Gasteiger partial charge is 0.315 e. The molecule has 4 rings (SSSR count). The van der Waals surface area contributed by atoms with Gasteiger partial charge in [0.1, 0.15) is 5.78 Å². The Hall–Kier alpha value is -0.510. The van der Waals surface area contributed by atoms with E-state index in [0.717, 1.165) is 32.1 Å². The first-order chi connectivity index (χ1) is 8.12. The van der Waals surface area contributed by atoms with Crippen molar-refractivity contribution in [2.45, 2.75) is 32.1 Å². The summed E-state index contributed by atoms with van der Waals surface area (Å²) in [6.45, 7) is 0.503. The van der Waals surface area contributed by atoms with Crippen LogP contribution in [0.5, 0.6) is 0 Å². The van der Waals surface area contributed by atoms with Crippen LogP contribution in [0.25, 0.3) is 0 Å². The third-order valence-electron chi connectivity index (χ3n) is 4.79. The highest BCUT2D eigenvalue weighted by Gasteiger charge is 2.55. The number of rotatable bonds is 3. The molecule has 4 bridgehead atoms. The molecule has 0 aromatic heterocycles. The highest BCUT2D eigenvalue weighted by atomic mass is 32.1. The van der Waals surface area contributed by atoms with Gasteiger partial charge in [0.2, 0.25) is 0 Å². The van der Waals surface area contributed by atoms with Gasteiger partial charge in [-0.3, -0.25) is 9.59 Å². The Balaban J connectivity index is 1.72. The molecule has 0 aliphatic heterocycles. The minimum atomic E-state index is -0.240. The van der Waals surface area contributed by atoms with Gasteiger partial charge >= 0.3 is 5.97 Å². The Morgan fingerprint density at radius 2 is 1.94 bits per heavy atom. The zero-order valence-corrected chi connectivity index (χ0v) is 10.7. The standard InChI is InChI=1S/C13H18O3S/c14-11(6-17)16-7-13-3-8-1-9(4-13)12(15)10(2-8)5-13/h8-10,17H,1-7H2. The first-order valence-corrected chi connectivity index (χ1v) is 7.05. The number of thiol groups is 1. The van der Waals surface area contributed by atoms with Gasteiger partial charge in [0, 0.05) is 17.3 Å². The third kappa shape index (κ3) is 1.90. The SMILES string of the molecule is O=C(CS)OCC12CC3CC(C1)C(=O)C(C3)C2. The Kier molecular flexibility index (Phi) is 2.73. The molecule has 17 heavy (non-hydrogen) atoms. The van der Waals surface area contributed by atoms with E-state index in [1.807, 2.05) is 0 Å². The van der Waals surface area contributed by atoms with E-state index in [4.69, 9.17) is 4.74 Å². The minimum Gasteiger partial charge on any atom is -0.464 e. The van der Waals surface area contributed by atoms with Crippen LogP contribution >= 0.6 is 12.6 Å². The zero-order valence-electron chi connectivity index (χ0n) is 9.85. The van der Waals surface area contributed by atoms with E-state index >= 15 is 0 Å². The van der Waals surface area contributed by atoms with Crippen LogP contribution in [0, 0.1) is 23.2 Å². The first kappa shape index (κ1) is 11.6. The van der Waals surface area contributed by atoms with E-state index < -0.39 is 0 Å². The van der Waals surface area contributed by atoms with Gasteiger partial charge in [-0.1, -0.05) is 0 Å². The summed E-state index contributed by atoms with van der Waals surface area (Å²) in [5.74, 6) is 1.60. The van der Waals surface area contributed by atoms with Crippen LogP contribution in [0.2, 0.25) is 0 Å². The summed E-state index contributed by atoms with van der Waals surface area (Å²) in [6.07, 6.45) is 5.19. The second-order valence-corrected chi connectivity index (χ2v) is 6.38.